The molecule has 65 heavy (non-hydrogen) atoms. The number of aliphatic carboxylic acids is 1. The number of hydrogen-bond acceptors (Lipinski definition) is 6. The molecule has 1 aliphatic rings. The third-order valence-electron chi connectivity index (χ3n) is 12.9. The normalized spacial score (nSPS) is 15.1. The number of rotatable bonds is 14. The van der Waals surface area contributed by atoms with Crippen molar-refractivity contribution in [3.8, 4) is 6.07 Å². The highest BCUT2D eigenvalue weighted by Crippen LogP contribution is 2.51. The second-order valence-electron chi connectivity index (χ2n) is 17.5. The molecule has 0 spiro atoms. The minimum atomic E-state index is -0.857. The highest BCUT2D eigenvalue weighted by atomic mass is 16.4. The molecule has 1 N–H and O–H groups in total. The molecule has 7 heteroatoms. The Kier molecular flexibility index (Phi) is 12.5. The summed E-state index contributed by atoms with van der Waals surface area (Å²) in [5.74, 6) is -0.857. The Morgan fingerprint density at radius 1 is 0.785 bits per heavy atom. The van der Waals surface area contributed by atoms with Crippen molar-refractivity contribution in [3.05, 3.63) is 222 Å². The number of fused-ring (bicyclic) bond motifs is 4. The number of carboxylic acid groups (broad SMARTS) is 1. The smallest absolute Gasteiger partial charge is 0.305 e. The van der Waals surface area contributed by atoms with Crippen LogP contribution in [0.2, 0.25) is 0 Å². The van der Waals surface area contributed by atoms with Gasteiger partial charge in [0, 0.05) is 47.2 Å². The van der Waals surface area contributed by atoms with Crippen LogP contribution in [-0.4, -0.2) is 24.7 Å². The van der Waals surface area contributed by atoms with Gasteiger partial charge in [-0.05, 0) is 136 Å². The Hall–Kier alpha value is -7.82. The monoisotopic (exact) mass is 851 g/mol. The first-order valence-electron chi connectivity index (χ1n) is 22.0. The minimum Gasteiger partial charge on any atom is -0.481 e. The average molecular weight is 852 g/mol. The molecule has 0 saturated carbocycles. The lowest BCUT2D eigenvalue weighted by Crippen LogP contribution is -2.28. The van der Waals surface area contributed by atoms with Crippen LogP contribution in [0.1, 0.15) is 49.4 Å². The van der Waals surface area contributed by atoms with Crippen LogP contribution in [0.3, 0.4) is 0 Å². The molecular weight excluding hydrogens is 799 g/mol. The van der Waals surface area contributed by atoms with Gasteiger partial charge >= 0.3 is 5.97 Å². The van der Waals surface area contributed by atoms with Crippen LogP contribution >= 0.6 is 0 Å². The summed E-state index contributed by atoms with van der Waals surface area (Å²) in [5, 5.41) is 33.6. The average Bonchev–Trinajstić information content (AvgIpc) is 3.55. The Morgan fingerprint density at radius 2 is 1.37 bits per heavy atom. The fraction of sp³-hybridized carbons (Fsp3) is 0.172. The minimum absolute atomic E-state index is 0.0163. The molecule has 0 bridgehead atoms. The molecule has 7 aromatic rings. The van der Waals surface area contributed by atoms with Gasteiger partial charge in [-0.1, -0.05) is 130 Å². The maximum atomic E-state index is 11.8. The van der Waals surface area contributed by atoms with E-state index in [1.165, 1.54) is 16.5 Å². The molecule has 1 aliphatic heterocycles. The zero-order chi connectivity index (χ0) is 45.7. The van der Waals surface area contributed by atoms with Crippen molar-refractivity contribution in [2.24, 2.45) is 10.2 Å². The molecule has 7 aromatic carbocycles. The number of anilines is 3. The number of nitriles is 1. The first kappa shape index (κ1) is 43.8. The van der Waals surface area contributed by atoms with Crippen LogP contribution in [0.4, 0.5) is 28.4 Å². The van der Waals surface area contributed by atoms with Gasteiger partial charge in [-0.2, -0.15) is 15.5 Å². The molecule has 0 radical (unpaired) electrons. The highest BCUT2D eigenvalue weighted by Gasteiger charge is 2.41. The zero-order valence-corrected chi connectivity index (χ0v) is 37.7. The maximum absolute atomic E-state index is 11.8. The largest absolute Gasteiger partial charge is 0.481 e. The van der Waals surface area contributed by atoms with E-state index in [4.69, 9.17) is 6.58 Å². The summed E-state index contributed by atoms with van der Waals surface area (Å²) >= 11 is 0. The second-order valence-corrected chi connectivity index (χ2v) is 17.5. The van der Waals surface area contributed by atoms with E-state index in [0.717, 1.165) is 67.0 Å². The molecule has 322 valence electrons. The van der Waals surface area contributed by atoms with Crippen LogP contribution in [0, 0.1) is 18.3 Å². The predicted octanol–water partition coefficient (Wildman–Crippen LogP) is 14.7. The Morgan fingerprint density at radius 3 is 2.03 bits per heavy atom. The molecule has 0 amide bonds. The lowest BCUT2D eigenvalue weighted by atomic mass is 9.69. The van der Waals surface area contributed by atoms with Gasteiger partial charge in [0.05, 0.1) is 29.4 Å². The summed E-state index contributed by atoms with van der Waals surface area (Å²) in [6, 6.07) is 54.2. The molecular formula is C58H53N5O2. The van der Waals surface area contributed by atoms with Crippen LogP contribution in [0.5, 0.6) is 0 Å². The van der Waals surface area contributed by atoms with Crippen LogP contribution in [0.15, 0.2) is 210 Å². The molecule has 7 nitrogen and oxygen atoms in total. The fourth-order valence-electron chi connectivity index (χ4n) is 9.38. The van der Waals surface area contributed by atoms with E-state index in [-0.39, 0.29) is 6.42 Å². The van der Waals surface area contributed by atoms with Gasteiger partial charge < -0.3 is 14.9 Å². The summed E-state index contributed by atoms with van der Waals surface area (Å²) in [4.78, 5) is 16.1. The Balaban J connectivity index is 1.09. The standard InChI is InChI=1S/C58H53N5O2/c1-40-20-26-44-14-10-12-18-50(44)55(40)58(5,38-42-23-30-48(31-24-42)62(6)49-32-28-47(29-33-49)61-60-46-16-8-7-9-17-46)41(2)21-22-43(39-59)25-35-53-57(3,4)56-51-19-13-11-15-45(51)27-34-52(56)63(53)37-36-54(64)65/h7-35H,2,36-38H2,1,3-6H3,(H,64,65)/b22-21+,43-25-,53-35+,61-60+. The van der Waals surface area contributed by atoms with Crippen molar-refractivity contribution in [1.82, 2.24) is 0 Å². The summed E-state index contributed by atoms with van der Waals surface area (Å²) in [6.07, 6.45) is 8.34. The van der Waals surface area contributed by atoms with E-state index in [1.807, 2.05) is 78.9 Å². The quantitative estimate of drug-likeness (QED) is 0.0668. The van der Waals surface area contributed by atoms with Gasteiger partial charge in [0.25, 0.3) is 0 Å². The summed E-state index contributed by atoms with van der Waals surface area (Å²) < 4.78 is 0. The number of carbonyl (C=O) groups is 1. The first-order chi connectivity index (χ1) is 31.4. The number of aryl methyl sites for hydroxylation is 1. The number of nitrogens with zero attached hydrogens (tertiary/aromatic N) is 5. The summed E-state index contributed by atoms with van der Waals surface area (Å²) in [6.45, 7) is 13.8. The fourth-order valence-corrected chi connectivity index (χ4v) is 9.38. The third-order valence-corrected chi connectivity index (χ3v) is 12.9. The molecule has 8 rings (SSSR count). The number of benzene rings is 7. The van der Waals surface area contributed by atoms with Crippen LogP contribution < -0.4 is 9.80 Å². The number of azo groups is 1. The van der Waals surface area contributed by atoms with Gasteiger partial charge in [0.1, 0.15) is 0 Å². The van der Waals surface area contributed by atoms with Crippen molar-refractivity contribution in [3.63, 3.8) is 0 Å². The first-order valence-corrected chi connectivity index (χ1v) is 22.0. The summed E-state index contributed by atoms with van der Waals surface area (Å²) in [5.41, 5.74) is 10.6. The molecule has 1 heterocycles. The van der Waals surface area contributed by atoms with Crippen LogP contribution in [0.25, 0.3) is 21.5 Å². The zero-order valence-electron chi connectivity index (χ0n) is 37.7. The van der Waals surface area contributed by atoms with Crippen molar-refractivity contribution >= 4 is 56.0 Å². The maximum Gasteiger partial charge on any atom is 0.305 e. The van der Waals surface area contributed by atoms with Crippen molar-refractivity contribution in [1.29, 1.82) is 5.26 Å². The lowest BCUT2D eigenvalue weighted by molar-refractivity contribution is -0.136. The van der Waals surface area contributed by atoms with Gasteiger partial charge in [-0.25, -0.2) is 0 Å². The van der Waals surface area contributed by atoms with Crippen molar-refractivity contribution in [2.75, 3.05) is 23.4 Å². The van der Waals surface area contributed by atoms with E-state index in [2.05, 4.69) is 158 Å². The van der Waals surface area contributed by atoms with Gasteiger partial charge in [0.15, 0.2) is 0 Å². The third kappa shape index (κ3) is 9.02. The molecule has 0 fully saturated rings. The number of carboxylic acids is 1. The molecule has 1 unspecified atom stereocenters. The molecule has 1 atom stereocenters. The van der Waals surface area contributed by atoms with Gasteiger partial charge in [0.2, 0.25) is 0 Å². The van der Waals surface area contributed by atoms with E-state index >= 15 is 0 Å². The number of allylic oxidation sites excluding steroid dienone is 7. The van der Waals surface area contributed by atoms with E-state index in [0.29, 0.717) is 18.5 Å². The summed E-state index contributed by atoms with van der Waals surface area (Å²) in [7, 11) is 2.06. The Labute approximate surface area is 382 Å². The highest BCUT2D eigenvalue weighted by molar-refractivity contribution is 5.95. The predicted molar refractivity (Wildman–Crippen MR) is 268 cm³/mol. The molecule has 0 aromatic heterocycles. The number of hydrogen-bond donors (Lipinski definition) is 1. The molecule has 0 aliphatic carbocycles. The molecule has 0 saturated heterocycles. The lowest BCUT2D eigenvalue weighted by Gasteiger charge is -2.34. The van der Waals surface area contributed by atoms with Crippen molar-refractivity contribution < 1.29 is 9.90 Å². The van der Waals surface area contributed by atoms with Gasteiger partial charge in [-0.15, -0.1) is 0 Å². The van der Waals surface area contributed by atoms with E-state index < -0.39 is 16.8 Å². The van der Waals surface area contributed by atoms with Crippen LogP contribution in [-0.2, 0) is 22.0 Å². The SMILES string of the molecule is C=C(/C=C/C(C#N)=C/C=C1/N(CCC(=O)O)c2ccc3ccccc3c2C1(C)C)C(C)(Cc1ccc(N(C)c2ccc(/N=N/c3ccccc3)cc2)cc1)c1c(C)ccc2ccccc12. The van der Waals surface area contributed by atoms with E-state index in [1.54, 1.807) is 0 Å². The van der Waals surface area contributed by atoms with E-state index in [9.17, 15) is 15.2 Å². The van der Waals surface area contributed by atoms with Gasteiger partial charge in [-0.3, -0.25) is 4.79 Å². The van der Waals surface area contributed by atoms with Crippen molar-refractivity contribution in [2.45, 2.75) is 51.4 Å². The Bertz CT molecular complexity index is 3080. The second kappa shape index (κ2) is 18.5. The topological polar surface area (TPSA) is 92.3 Å².